The van der Waals surface area contributed by atoms with Crippen LogP contribution in [0, 0.1) is 24.0 Å². The summed E-state index contributed by atoms with van der Waals surface area (Å²) in [5.74, 6) is -2.94. The number of hydrogen-bond donors (Lipinski definition) is 0. The third-order valence-electron chi connectivity index (χ3n) is 6.24. The second-order valence-electron chi connectivity index (χ2n) is 9.56. The fourth-order valence-corrected chi connectivity index (χ4v) is 5.49. The van der Waals surface area contributed by atoms with E-state index in [0.29, 0.717) is 12.8 Å². The van der Waals surface area contributed by atoms with Crippen LogP contribution in [-0.4, -0.2) is 62.7 Å². The molecule has 3 rings (SSSR count). The highest BCUT2D eigenvalue weighted by atomic mass is 32.2. The molecule has 7 nitrogen and oxygen atoms in total. The zero-order chi connectivity index (χ0) is 28.3. The number of alkyl halides is 3. The Hall–Kier alpha value is -2.93. The maximum atomic E-state index is 13.9. The van der Waals surface area contributed by atoms with Gasteiger partial charge in [-0.25, -0.2) is 12.8 Å². The summed E-state index contributed by atoms with van der Waals surface area (Å²) in [4.78, 5) is 14.5. The Morgan fingerprint density at radius 3 is 2.13 bits per heavy atom. The average Bonchev–Trinajstić information content (AvgIpc) is 2.85. The van der Waals surface area contributed by atoms with Crippen LogP contribution >= 0.6 is 0 Å². The lowest BCUT2D eigenvalue weighted by atomic mass is 9.86. The fourth-order valence-electron chi connectivity index (χ4n) is 4.06. The number of carbonyl (C=O) groups excluding carboxylic acids is 1. The Morgan fingerprint density at radius 2 is 1.55 bits per heavy atom. The number of rotatable bonds is 9. The minimum atomic E-state index is -4.89. The van der Waals surface area contributed by atoms with Gasteiger partial charge < -0.3 is 14.4 Å². The molecule has 1 aliphatic heterocycles. The van der Waals surface area contributed by atoms with Gasteiger partial charge in [-0.2, -0.15) is 8.70 Å². The molecule has 0 radical (unpaired) electrons. The molecule has 1 amide bonds. The van der Waals surface area contributed by atoms with Crippen LogP contribution in [0.25, 0.3) is 0 Å². The Morgan fingerprint density at radius 1 is 0.947 bits per heavy atom. The summed E-state index contributed by atoms with van der Waals surface area (Å²) in [5, 5.41) is 0. The van der Waals surface area contributed by atoms with Gasteiger partial charge in [0.05, 0.1) is 11.5 Å². The zero-order valence-corrected chi connectivity index (χ0v) is 22.0. The van der Waals surface area contributed by atoms with Gasteiger partial charge in [0.2, 0.25) is 21.7 Å². The van der Waals surface area contributed by atoms with Crippen LogP contribution in [0.2, 0.25) is 0 Å². The topological polar surface area (TPSA) is 76.2 Å². The first-order valence-corrected chi connectivity index (χ1v) is 13.3. The number of benzene rings is 2. The number of sulfonamides is 1. The highest BCUT2D eigenvalue weighted by molar-refractivity contribution is 7.89. The lowest BCUT2D eigenvalue weighted by Crippen LogP contribution is -2.53. The van der Waals surface area contributed by atoms with E-state index < -0.39 is 39.2 Å². The summed E-state index contributed by atoms with van der Waals surface area (Å²) in [7, 11) is -3.98. The molecule has 0 bridgehead atoms. The van der Waals surface area contributed by atoms with Gasteiger partial charge in [0.15, 0.2) is 11.6 Å². The van der Waals surface area contributed by atoms with Crippen LogP contribution in [0.4, 0.5) is 22.0 Å². The van der Waals surface area contributed by atoms with Crippen LogP contribution < -0.4 is 9.47 Å². The third-order valence-corrected chi connectivity index (χ3v) is 8.16. The highest BCUT2D eigenvalue weighted by Gasteiger charge is 2.36. The number of nitrogens with zero attached hydrogens (tertiary/aromatic N) is 2. The normalized spacial score (nSPS) is 15.4. The van der Waals surface area contributed by atoms with E-state index in [4.69, 9.17) is 4.74 Å². The first-order valence-electron chi connectivity index (χ1n) is 11.8. The Balaban J connectivity index is 1.51. The first-order chi connectivity index (χ1) is 17.6. The Kier molecular flexibility index (Phi) is 8.92. The van der Waals surface area contributed by atoms with Gasteiger partial charge in [0.1, 0.15) is 5.75 Å². The van der Waals surface area contributed by atoms with Crippen molar-refractivity contribution in [2.24, 2.45) is 5.41 Å². The average molecular weight is 565 g/mol. The number of piperazine rings is 1. The molecule has 0 saturated carbocycles. The predicted molar refractivity (Wildman–Crippen MR) is 128 cm³/mol. The summed E-state index contributed by atoms with van der Waals surface area (Å²) in [5.41, 5.74) is -0.640. The van der Waals surface area contributed by atoms with E-state index in [1.54, 1.807) is 18.7 Å². The SMILES string of the molecule is Cc1ccc(OCCCC(C)(C)C(=O)N2CCN(S(=O)(=O)c3ccc(OC(F)(F)F)cc3)CC2)c(F)c1F. The van der Waals surface area contributed by atoms with Crippen LogP contribution in [0.15, 0.2) is 41.3 Å². The van der Waals surface area contributed by atoms with Crippen LogP contribution in [-0.2, 0) is 14.8 Å². The molecule has 13 heteroatoms. The molecule has 1 fully saturated rings. The van der Waals surface area contributed by atoms with Crippen molar-refractivity contribution < 1.29 is 44.6 Å². The number of aryl methyl sites for hydroxylation is 1. The Bertz CT molecular complexity index is 1240. The number of hydrogen-bond acceptors (Lipinski definition) is 5. The smallest absolute Gasteiger partial charge is 0.490 e. The van der Waals surface area contributed by atoms with Crippen molar-refractivity contribution in [3.8, 4) is 11.5 Å². The van der Waals surface area contributed by atoms with Crippen molar-refractivity contribution >= 4 is 15.9 Å². The largest absolute Gasteiger partial charge is 0.573 e. The summed E-state index contributed by atoms with van der Waals surface area (Å²) in [6, 6.07) is 6.69. The minimum Gasteiger partial charge on any atom is -0.490 e. The van der Waals surface area contributed by atoms with E-state index in [2.05, 4.69) is 4.74 Å². The lowest BCUT2D eigenvalue weighted by Gasteiger charge is -2.38. The van der Waals surface area contributed by atoms with Crippen molar-refractivity contribution in [3.05, 3.63) is 53.6 Å². The molecule has 0 atom stereocenters. The Labute approximate surface area is 218 Å². The van der Waals surface area contributed by atoms with Gasteiger partial charge in [-0.15, -0.1) is 13.2 Å². The van der Waals surface area contributed by atoms with Crippen LogP contribution in [0.5, 0.6) is 11.5 Å². The predicted octanol–water partition coefficient (Wildman–Crippen LogP) is 4.89. The molecule has 0 spiro atoms. The van der Waals surface area contributed by atoms with E-state index >= 15 is 0 Å². The maximum Gasteiger partial charge on any atom is 0.573 e. The maximum absolute atomic E-state index is 13.9. The molecule has 2 aromatic rings. The van der Waals surface area contributed by atoms with Gasteiger partial charge in [-0.3, -0.25) is 4.79 Å². The van der Waals surface area contributed by atoms with Gasteiger partial charge >= 0.3 is 6.36 Å². The number of ether oxygens (including phenoxy) is 2. The molecule has 0 N–H and O–H groups in total. The molecule has 1 saturated heterocycles. The molecule has 0 aliphatic carbocycles. The van der Waals surface area contributed by atoms with Crippen molar-refractivity contribution in [1.82, 2.24) is 9.21 Å². The first kappa shape index (κ1) is 29.6. The lowest BCUT2D eigenvalue weighted by molar-refractivity contribution is -0.274. The summed E-state index contributed by atoms with van der Waals surface area (Å²) >= 11 is 0. The molecular weight excluding hydrogens is 535 g/mol. The number of halogens is 5. The second kappa shape index (κ2) is 11.4. The van der Waals surface area contributed by atoms with Crippen molar-refractivity contribution in [2.45, 2.75) is 44.9 Å². The van der Waals surface area contributed by atoms with Crippen molar-refractivity contribution in [1.29, 1.82) is 0 Å². The molecule has 0 aromatic heterocycles. The standard InChI is InChI=1S/C25H29F5N2O5S/c1-17-5-10-20(22(27)21(17)26)36-16-4-11-24(2,3)23(33)31-12-14-32(15-13-31)38(34,35)19-8-6-18(7-9-19)37-25(28,29)30/h5-10H,4,11-16H2,1-3H3. The number of amides is 1. The van der Waals surface area contributed by atoms with Crippen molar-refractivity contribution in [2.75, 3.05) is 32.8 Å². The van der Waals surface area contributed by atoms with Gasteiger partial charge in [0.25, 0.3) is 0 Å². The molecule has 0 unspecified atom stereocenters. The van der Waals surface area contributed by atoms with E-state index in [-0.39, 0.29) is 54.9 Å². The van der Waals surface area contributed by atoms with Crippen LogP contribution in [0.1, 0.15) is 32.3 Å². The fraction of sp³-hybridized carbons (Fsp3) is 0.480. The van der Waals surface area contributed by atoms with E-state index in [1.807, 2.05) is 0 Å². The molecule has 2 aromatic carbocycles. The summed E-state index contributed by atoms with van der Waals surface area (Å²) in [6.07, 6.45) is -4.09. The van der Waals surface area contributed by atoms with Gasteiger partial charge in [0, 0.05) is 31.6 Å². The third kappa shape index (κ3) is 7.13. The molecule has 1 heterocycles. The summed E-state index contributed by atoms with van der Waals surface area (Å²) < 4.78 is 101. The molecular formula is C25H29F5N2O5S. The zero-order valence-electron chi connectivity index (χ0n) is 21.1. The van der Waals surface area contributed by atoms with E-state index in [1.165, 1.54) is 23.4 Å². The van der Waals surface area contributed by atoms with E-state index in [9.17, 15) is 35.2 Å². The molecule has 210 valence electrons. The van der Waals surface area contributed by atoms with Crippen LogP contribution in [0.3, 0.4) is 0 Å². The molecule has 1 aliphatic rings. The second-order valence-corrected chi connectivity index (χ2v) is 11.5. The monoisotopic (exact) mass is 564 g/mol. The number of carbonyl (C=O) groups is 1. The van der Waals surface area contributed by atoms with Gasteiger partial charge in [-0.1, -0.05) is 19.9 Å². The minimum absolute atomic E-state index is 0.0202. The van der Waals surface area contributed by atoms with Crippen molar-refractivity contribution in [3.63, 3.8) is 0 Å². The quantitative estimate of drug-likeness (QED) is 0.320. The van der Waals surface area contributed by atoms with Gasteiger partial charge in [-0.05, 0) is 55.7 Å². The molecule has 38 heavy (non-hydrogen) atoms. The highest BCUT2D eigenvalue weighted by Crippen LogP contribution is 2.29. The summed E-state index contributed by atoms with van der Waals surface area (Å²) in [6.45, 7) is 5.33. The van der Waals surface area contributed by atoms with E-state index in [0.717, 1.165) is 24.3 Å².